The quantitative estimate of drug-likeness (QED) is 0.299. The summed E-state index contributed by atoms with van der Waals surface area (Å²) in [7, 11) is -3.94. The number of carbonyl (C=O) groups excluding carboxylic acids is 2. The first-order valence-electron chi connectivity index (χ1n) is 13.4. The van der Waals surface area contributed by atoms with Crippen LogP contribution in [0.3, 0.4) is 0 Å². The first-order valence-corrected chi connectivity index (χ1v) is 16.0. The first-order chi connectivity index (χ1) is 20.0. The number of anilines is 1. The van der Waals surface area contributed by atoms with Gasteiger partial charge in [-0.3, -0.25) is 13.9 Å². The molecular formula is C30H33Cl2N3O6S. The number of amides is 2. The van der Waals surface area contributed by atoms with Crippen molar-refractivity contribution in [3.63, 3.8) is 0 Å². The second kappa shape index (κ2) is 13.7. The van der Waals surface area contributed by atoms with Crippen LogP contribution >= 0.6 is 23.2 Å². The minimum absolute atomic E-state index is 0.00935. The molecule has 0 saturated carbocycles. The average molecular weight is 635 g/mol. The molecule has 1 heterocycles. The van der Waals surface area contributed by atoms with Crippen molar-refractivity contribution >= 4 is 50.7 Å². The van der Waals surface area contributed by atoms with Gasteiger partial charge in [0.05, 0.1) is 11.9 Å². The van der Waals surface area contributed by atoms with E-state index in [-0.39, 0.29) is 37.4 Å². The molecule has 2 atom stereocenters. The molecule has 3 aromatic carbocycles. The van der Waals surface area contributed by atoms with Crippen molar-refractivity contribution in [2.75, 3.05) is 23.9 Å². The van der Waals surface area contributed by atoms with Crippen LogP contribution in [-0.4, -0.2) is 56.8 Å². The van der Waals surface area contributed by atoms with Gasteiger partial charge >= 0.3 is 0 Å². The average Bonchev–Trinajstić information content (AvgIpc) is 3.42. The van der Waals surface area contributed by atoms with Gasteiger partial charge in [-0.15, -0.1) is 0 Å². The van der Waals surface area contributed by atoms with E-state index < -0.39 is 28.5 Å². The number of hydrogen-bond donors (Lipinski definition) is 1. The summed E-state index contributed by atoms with van der Waals surface area (Å²) in [5.41, 5.74) is 1.48. The van der Waals surface area contributed by atoms with Crippen molar-refractivity contribution in [1.29, 1.82) is 0 Å². The molecular weight excluding hydrogens is 601 g/mol. The highest BCUT2D eigenvalue weighted by molar-refractivity contribution is 7.92. The van der Waals surface area contributed by atoms with E-state index in [1.54, 1.807) is 24.3 Å². The van der Waals surface area contributed by atoms with Crippen LogP contribution in [0.2, 0.25) is 10.0 Å². The molecule has 0 unspecified atom stereocenters. The summed E-state index contributed by atoms with van der Waals surface area (Å²) in [6.45, 7) is 3.12. The maximum Gasteiger partial charge on any atom is 0.244 e. The molecule has 42 heavy (non-hydrogen) atoms. The maximum absolute atomic E-state index is 14.2. The highest BCUT2D eigenvalue weighted by Crippen LogP contribution is 2.36. The number of carbonyl (C=O) groups is 2. The van der Waals surface area contributed by atoms with Crippen molar-refractivity contribution in [3.8, 4) is 11.5 Å². The van der Waals surface area contributed by atoms with Crippen LogP contribution in [0.15, 0.2) is 66.7 Å². The molecule has 0 aromatic heterocycles. The highest BCUT2D eigenvalue weighted by atomic mass is 35.5. The van der Waals surface area contributed by atoms with Gasteiger partial charge in [0, 0.05) is 40.7 Å². The number of halogens is 2. The smallest absolute Gasteiger partial charge is 0.244 e. The Hall–Kier alpha value is -3.47. The van der Waals surface area contributed by atoms with Crippen LogP contribution in [-0.2, 0) is 32.6 Å². The molecule has 4 rings (SSSR count). The highest BCUT2D eigenvalue weighted by Gasteiger charge is 2.34. The second-order valence-corrected chi connectivity index (χ2v) is 12.8. The molecule has 2 amide bonds. The zero-order chi connectivity index (χ0) is 30.4. The summed E-state index contributed by atoms with van der Waals surface area (Å²) in [5.74, 6) is -0.158. The summed E-state index contributed by atoms with van der Waals surface area (Å²) in [6.07, 6.45) is 1.87. The number of rotatable bonds is 12. The zero-order valence-corrected chi connectivity index (χ0v) is 25.9. The number of nitrogens with one attached hydrogen (secondary N) is 1. The number of fused-ring (bicyclic) bond motifs is 1. The fourth-order valence-electron chi connectivity index (χ4n) is 4.50. The molecule has 0 saturated heterocycles. The molecule has 1 N–H and O–H groups in total. The van der Waals surface area contributed by atoms with Gasteiger partial charge in [-0.1, -0.05) is 66.5 Å². The Morgan fingerprint density at radius 2 is 1.64 bits per heavy atom. The summed E-state index contributed by atoms with van der Waals surface area (Å²) in [5, 5.41) is 3.62. The van der Waals surface area contributed by atoms with E-state index in [9.17, 15) is 18.0 Å². The molecule has 0 fully saturated rings. The Morgan fingerprint density at radius 1 is 0.976 bits per heavy atom. The predicted octanol–water partition coefficient (Wildman–Crippen LogP) is 5.04. The number of sulfonamides is 1. The standard InChI is InChI=1S/C30H33Cl2N3O6S/c1-4-20(2)33-30(37)26(15-21-9-6-5-7-10-21)34(17-23-24(31)11-8-12-25(23)32)29(36)18-35(42(3,38)39)22-13-14-27-28(16-22)41-19-40-27/h5-14,16,20,26H,4,15,17-19H2,1-3H3,(H,33,37)/t20-,26+/m1/s1. The molecule has 9 nitrogen and oxygen atoms in total. The third kappa shape index (κ3) is 7.67. The largest absolute Gasteiger partial charge is 0.454 e. The second-order valence-electron chi connectivity index (χ2n) is 10.1. The molecule has 1 aliphatic heterocycles. The van der Waals surface area contributed by atoms with Gasteiger partial charge in [-0.05, 0) is 43.2 Å². The fraction of sp³-hybridized carbons (Fsp3) is 0.333. The van der Waals surface area contributed by atoms with Crippen molar-refractivity contribution in [2.24, 2.45) is 0 Å². The predicted molar refractivity (Wildman–Crippen MR) is 164 cm³/mol. The first kappa shape index (κ1) is 31.5. The molecule has 1 aliphatic rings. The molecule has 0 radical (unpaired) electrons. The third-order valence-corrected chi connectivity index (χ3v) is 8.83. The van der Waals surface area contributed by atoms with E-state index in [2.05, 4.69) is 5.32 Å². The Labute approximate surface area is 256 Å². The molecule has 0 bridgehead atoms. The van der Waals surface area contributed by atoms with Crippen LogP contribution in [0.4, 0.5) is 5.69 Å². The van der Waals surface area contributed by atoms with Crippen LogP contribution < -0.4 is 19.1 Å². The Morgan fingerprint density at radius 3 is 2.29 bits per heavy atom. The molecule has 224 valence electrons. The van der Waals surface area contributed by atoms with Gasteiger partial charge in [0.25, 0.3) is 0 Å². The zero-order valence-electron chi connectivity index (χ0n) is 23.5. The van der Waals surface area contributed by atoms with Crippen LogP contribution in [0.5, 0.6) is 11.5 Å². The van der Waals surface area contributed by atoms with Gasteiger partial charge in [0.1, 0.15) is 12.6 Å². The summed E-state index contributed by atoms with van der Waals surface area (Å²) in [6, 6.07) is 17.7. The minimum atomic E-state index is -3.94. The Balaban J connectivity index is 1.77. The lowest BCUT2D eigenvalue weighted by atomic mass is 10.0. The van der Waals surface area contributed by atoms with Crippen LogP contribution in [0, 0.1) is 0 Å². The topological polar surface area (TPSA) is 105 Å². The minimum Gasteiger partial charge on any atom is -0.454 e. The fourth-order valence-corrected chi connectivity index (χ4v) is 5.86. The monoisotopic (exact) mass is 633 g/mol. The van der Waals surface area contributed by atoms with E-state index in [4.69, 9.17) is 32.7 Å². The van der Waals surface area contributed by atoms with Gasteiger partial charge in [-0.25, -0.2) is 8.42 Å². The molecule has 0 aliphatic carbocycles. The Bertz CT molecular complexity index is 1520. The normalized spacial score (nSPS) is 13.7. The van der Waals surface area contributed by atoms with Gasteiger partial charge in [-0.2, -0.15) is 0 Å². The van der Waals surface area contributed by atoms with Crippen molar-refractivity contribution in [2.45, 2.75) is 45.3 Å². The Kier molecular flexibility index (Phi) is 10.2. The van der Waals surface area contributed by atoms with Crippen LogP contribution in [0.1, 0.15) is 31.4 Å². The summed E-state index contributed by atoms with van der Waals surface area (Å²) >= 11 is 13.0. The van der Waals surface area contributed by atoms with Crippen molar-refractivity contribution < 1.29 is 27.5 Å². The van der Waals surface area contributed by atoms with Gasteiger partial charge < -0.3 is 19.7 Å². The van der Waals surface area contributed by atoms with E-state index in [0.29, 0.717) is 33.5 Å². The van der Waals surface area contributed by atoms with E-state index in [1.165, 1.54) is 17.0 Å². The van der Waals surface area contributed by atoms with Gasteiger partial charge in [0.15, 0.2) is 11.5 Å². The van der Waals surface area contributed by atoms with E-state index in [1.807, 2.05) is 44.2 Å². The lowest BCUT2D eigenvalue weighted by molar-refractivity contribution is -0.140. The number of nitrogens with zero attached hydrogens (tertiary/aromatic N) is 2. The lowest BCUT2D eigenvalue weighted by Crippen LogP contribution is -2.54. The molecule has 0 spiro atoms. The van der Waals surface area contributed by atoms with Crippen molar-refractivity contribution in [1.82, 2.24) is 10.2 Å². The number of benzene rings is 3. The number of hydrogen-bond acceptors (Lipinski definition) is 6. The SMILES string of the molecule is CC[C@@H](C)NC(=O)[C@H](Cc1ccccc1)N(Cc1c(Cl)cccc1Cl)C(=O)CN(c1ccc2c(c1)OCO2)S(C)(=O)=O. The lowest BCUT2D eigenvalue weighted by Gasteiger charge is -2.34. The summed E-state index contributed by atoms with van der Waals surface area (Å²) < 4.78 is 37.7. The number of ether oxygens (including phenoxy) is 2. The third-order valence-electron chi connectivity index (χ3n) is 6.99. The van der Waals surface area contributed by atoms with Crippen molar-refractivity contribution in [3.05, 3.63) is 87.9 Å². The summed E-state index contributed by atoms with van der Waals surface area (Å²) in [4.78, 5) is 29.3. The molecule has 3 aromatic rings. The molecule has 12 heteroatoms. The van der Waals surface area contributed by atoms with Gasteiger partial charge in [0.2, 0.25) is 28.6 Å². The maximum atomic E-state index is 14.2. The van der Waals surface area contributed by atoms with Crippen LogP contribution in [0.25, 0.3) is 0 Å². The van der Waals surface area contributed by atoms with E-state index in [0.717, 1.165) is 16.1 Å². The van der Waals surface area contributed by atoms with E-state index >= 15 is 0 Å².